The standard InChI is InChI=1S/C19H22F3N3O2/c1-3-15(12-7-9-13(27-2)10-8-12)23-17(26)11-25-16-6-4-5-14(16)18(24-25)19(20,21)22/h7-10,15H,3-6,11H2,1-2H3,(H,23,26)/t15-/m0/s1. The first-order valence-corrected chi connectivity index (χ1v) is 8.92. The van der Waals surface area contributed by atoms with Gasteiger partial charge in [0.25, 0.3) is 0 Å². The first-order chi connectivity index (χ1) is 12.8. The van der Waals surface area contributed by atoms with Crippen LogP contribution in [0.3, 0.4) is 0 Å². The summed E-state index contributed by atoms with van der Waals surface area (Å²) in [5.74, 6) is 0.357. The van der Waals surface area contributed by atoms with Crippen molar-refractivity contribution in [1.29, 1.82) is 0 Å². The van der Waals surface area contributed by atoms with Gasteiger partial charge in [0, 0.05) is 11.3 Å². The monoisotopic (exact) mass is 381 g/mol. The Bertz CT molecular complexity index is 813. The fraction of sp³-hybridized carbons (Fsp3) is 0.474. The summed E-state index contributed by atoms with van der Waals surface area (Å²) in [5, 5.41) is 6.57. The number of nitrogens with zero attached hydrogens (tertiary/aromatic N) is 2. The lowest BCUT2D eigenvalue weighted by Gasteiger charge is -2.18. The molecule has 0 radical (unpaired) electrons. The molecule has 1 atom stereocenters. The molecule has 1 N–H and O–H groups in total. The summed E-state index contributed by atoms with van der Waals surface area (Å²) >= 11 is 0. The number of halogens is 3. The number of aromatic nitrogens is 2. The molecular weight excluding hydrogens is 359 g/mol. The Kier molecular flexibility index (Phi) is 5.43. The van der Waals surface area contributed by atoms with E-state index in [2.05, 4.69) is 10.4 Å². The Labute approximate surface area is 155 Å². The van der Waals surface area contributed by atoms with Crippen molar-refractivity contribution >= 4 is 5.91 Å². The summed E-state index contributed by atoms with van der Waals surface area (Å²) in [5.41, 5.74) is 0.811. The summed E-state index contributed by atoms with van der Waals surface area (Å²) in [6, 6.07) is 7.11. The Hall–Kier alpha value is -2.51. The highest BCUT2D eigenvalue weighted by molar-refractivity contribution is 5.76. The average Bonchev–Trinajstić information content (AvgIpc) is 3.23. The molecule has 0 aliphatic heterocycles. The van der Waals surface area contributed by atoms with Gasteiger partial charge in [-0.15, -0.1) is 0 Å². The minimum Gasteiger partial charge on any atom is -0.497 e. The van der Waals surface area contributed by atoms with Crippen LogP contribution >= 0.6 is 0 Å². The maximum Gasteiger partial charge on any atom is 0.435 e. The number of hydrogen-bond acceptors (Lipinski definition) is 3. The van der Waals surface area contributed by atoms with Crippen LogP contribution in [0.5, 0.6) is 5.75 Å². The van der Waals surface area contributed by atoms with Gasteiger partial charge in [-0.1, -0.05) is 19.1 Å². The Morgan fingerprint density at radius 2 is 2.00 bits per heavy atom. The summed E-state index contributed by atoms with van der Waals surface area (Å²) in [6.45, 7) is 1.72. The van der Waals surface area contributed by atoms with Crippen molar-refractivity contribution in [3.63, 3.8) is 0 Å². The lowest BCUT2D eigenvalue weighted by Crippen LogP contribution is -2.32. The van der Waals surface area contributed by atoms with Gasteiger partial charge in [-0.05, 0) is 43.4 Å². The highest BCUT2D eigenvalue weighted by Crippen LogP contribution is 2.36. The molecule has 1 aromatic carbocycles. The number of fused-ring (bicyclic) bond motifs is 1. The fourth-order valence-electron chi connectivity index (χ4n) is 3.50. The van der Waals surface area contributed by atoms with E-state index in [0.717, 1.165) is 5.56 Å². The van der Waals surface area contributed by atoms with Crippen molar-refractivity contribution in [2.24, 2.45) is 0 Å². The SMILES string of the molecule is CC[C@H](NC(=O)Cn1nc(C(F)(F)F)c2c1CCC2)c1ccc(OC)cc1. The van der Waals surface area contributed by atoms with Gasteiger partial charge in [-0.3, -0.25) is 9.48 Å². The molecule has 0 unspecified atom stereocenters. The van der Waals surface area contributed by atoms with E-state index in [9.17, 15) is 18.0 Å². The largest absolute Gasteiger partial charge is 0.497 e. The third kappa shape index (κ3) is 4.09. The van der Waals surface area contributed by atoms with Gasteiger partial charge >= 0.3 is 6.18 Å². The van der Waals surface area contributed by atoms with Crippen molar-refractivity contribution in [2.45, 2.75) is 51.4 Å². The molecule has 2 aromatic rings. The molecule has 1 aromatic heterocycles. The van der Waals surface area contributed by atoms with Gasteiger partial charge in [-0.25, -0.2) is 0 Å². The molecule has 1 heterocycles. The van der Waals surface area contributed by atoms with Crippen LogP contribution in [0.1, 0.15) is 48.3 Å². The van der Waals surface area contributed by atoms with Crippen molar-refractivity contribution in [1.82, 2.24) is 15.1 Å². The quantitative estimate of drug-likeness (QED) is 0.831. The van der Waals surface area contributed by atoms with Crippen LogP contribution in [0, 0.1) is 0 Å². The van der Waals surface area contributed by atoms with E-state index in [1.807, 2.05) is 19.1 Å². The van der Waals surface area contributed by atoms with Crippen LogP contribution in [0.2, 0.25) is 0 Å². The zero-order valence-electron chi connectivity index (χ0n) is 15.3. The van der Waals surface area contributed by atoms with Gasteiger partial charge < -0.3 is 10.1 Å². The van der Waals surface area contributed by atoms with Crippen molar-refractivity contribution < 1.29 is 22.7 Å². The molecule has 1 aliphatic carbocycles. The maximum absolute atomic E-state index is 13.2. The van der Waals surface area contributed by atoms with Crippen LogP contribution < -0.4 is 10.1 Å². The summed E-state index contributed by atoms with van der Waals surface area (Å²) < 4.78 is 45.8. The Morgan fingerprint density at radius 3 is 2.59 bits per heavy atom. The number of nitrogens with one attached hydrogen (secondary N) is 1. The lowest BCUT2D eigenvalue weighted by atomic mass is 10.0. The van der Waals surface area contributed by atoms with Crippen LogP contribution in [0.25, 0.3) is 0 Å². The third-order valence-corrected chi connectivity index (χ3v) is 4.83. The molecule has 1 amide bonds. The molecule has 0 fully saturated rings. The number of ether oxygens (including phenoxy) is 1. The number of alkyl halides is 3. The van der Waals surface area contributed by atoms with Crippen molar-refractivity contribution in [3.05, 3.63) is 46.8 Å². The van der Waals surface area contributed by atoms with E-state index in [4.69, 9.17) is 4.74 Å². The number of hydrogen-bond donors (Lipinski definition) is 1. The number of carbonyl (C=O) groups is 1. The third-order valence-electron chi connectivity index (χ3n) is 4.83. The lowest BCUT2D eigenvalue weighted by molar-refractivity contribution is -0.142. The topological polar surface area (TPSA) is 56.2 Å². The number of amides is 1. The van der Waals surface area contributed by atoms with E-state index in [1.54, 1.807) is 19.2 Å². The molecule has 3 rings (SSSR count). The van der Waals surface area contributed by atoms with Gasteiger partial charge in [0.15, 0.2) is 5.69 Å². The van der Waals surface area contributed by atoms with Crippen LogP contribution in [-0.2, 0) is 30.4 Å². The van der Waals surface area contributed by atoms with E-state index in [-0.39, 0.29) is 24.1 Å². The fourth-order valence-corrected chi connectivity index (χ4v) is 3.50. The van der Waals surface area contributed by atoms with E-state index < -0.39 is 11.9 Å². The molecule has 8 heteroatoms. The number of benzene rings is 1. The highest BCUT2D eigenvalue weighted by Gasteiger charge is 2.40. The molecule has 27 heavy (non-hydrogen) atoms. The molecule has 0 saturated carbocycles. The molecule has 1 aliphatic rings. The molecule has 146 valence electrons. The summed E-state index contributed by atoms with van der Waals surface area (Å²) in [4.78, 5) is 12.5. The normalized spacial score (nSPS) is 14.7. The maximum atomic E-state index is 13.2. The smallest absolute Gasteiger partial charge is 0.435 e. The van der Waals surface area contributed by atoms with Crippen LogP contribution in [0.4, 0.5) is 13.2 Å². The first-order valence-electron chi connectivity index (χ1n) is 8.92. The summed E-state index contributed by atoms with van der Waals surface area (Å²) in [6.07, 6.45) is -2.31. The summed E-state index contributed by atoms with van der Waals surface area (Å²) in [7, 11) is 1.58. The zero-order valence-corrected chi connectivity index (χ0v) is 15.3. The van der Waals surface area contributed by atoms with Crippen LogP contribution in [0.15, 0.2) is 24.3 Å². The van der Waals surface area contributed by atoms with E-state index in [0.29, 0.717) is 37.1 Å². The van der Waals surface area contributed by atoms with Crippen molar-refractivity contribution in [3.8, 4) is 5.75 Å². The van der Waals surface area contributed by atoms with Gasteiger partial charge in [0.1, 0.15) is 12.3 Å². The van der Waals surface area contributed by atoms with Crippen molar-refractivity contribution in [2.75, 3.05) is 7.11 Å². The molecule has 0 spiro atoms. The molecule has 5 nitrogen and oxygen atoms in total. The second-order valence-corrected chi connectivity index (χ2v) is 6.58. The minimum atomic E-state index is -4.49. The zero-order chi connectivity index (χ0) is 19.6. The second kappa shape index (κ2) is 7.62. The van der Waals surface area contributed by atoms with Gasteiger partial charge in [0.2, 0.25) is 5.91 Å². The first kappa shape index (κ1) is 19.3. The van der Waals surface area contributed by atoms with Crippen LogP contribution in [-0.4, -0.2) is 22.8 Å². The molecular formula is C19H22F3N3O2. The number of carbonyl (C=O) groups excluding carboxylic acids is 1. The molecule has 0 saturated heterocycles. The van der Waals surface area contributed by atoms with E-state index >= 15 is 0 Å². The Morgan fingerprint density at radius 1 is 1.30 bits per heavy atom. The highest BCUT2D eigenvalue weighted by atomic mass is 19.4. The number of methoxy groups -OCH3 is 1. The second-order valence-electron chi connectivity index (χ2n) is 6.58. The Balaban J connectivity index is 1.73. The minimum absolute atomic E-state index is 0.217. The average molecular weight is 381 g/mol. The predicted molar refractivity (Wildman–Crippen MR) is 93.4 cm³/mol. The predicted octanol–water partition coefficient (Wildman–Crippen LogP) is 3.67. The molecule has 0 bridgehead atoms. The van der Waals surface area contributed by atoms with E-state index in [1.165, 1.54) is 4.68 Å². The van der Waals surface area contributed by atoms with Gasteiger partial charge in [-0.2, -0.15) is 18.3 Å². The van der Waals surface area contributed by atoms with Gasteiger partial charge in [0.05, 0.1) is 13.2 Å². The number of rotatable bonds is 6.